The highest BCUT2D eigenvalue weighted by Gasteiger charge is 2.84. The van der Waals surface area contributed by atoms with Crippen LogP contribution in [0.1, 0.15) is 119 Å². The summed E-state index contributed by atoms with van der Waals surface area (Å²) in [6.45, 7) is 29.1. The van der Waals surface area contributed by atoms with Crippen LogP contribution < -0.4 is 9.74 Å². The zero-order chi connectivity index (χ0) is 38.1. The van der Waals surface area contributed by atoms with Crippen molar-refractivity contribution in [1.29, 1.82) is 0 Å². The first-order chi connectivity index (χ1) is 23.5. The largest absolute Gasteiger partial charge is 0.541 e. The van der Waals surface area contributed by atoms with E-state index in [1.54, 1.807) is 0 Å². The maximum absolute atomic E-state index is 13.8. The molecule has 2 fully saturated rings. The number of hydrogen-bond donors (Lipinski definition) is 3. The Morgan fingerprint density at radius 2 is 1.57 bits per heavy atom. The molecule has 2 aromatic rings. The van der Waals surface area contributed by atoms with E-state index >= 15 is 0 Å². The number of benzene rings is 2. The average molecular weight is 720 g/mol. The SMILES string of the molecule is C=C1CC2(O)C(O)(c3ccccc31)C1CC(OC(=O)CCc3cccc(NC(=O)OC(C)(C)C)c3O[Si](C(C)C)(C(C)C)C(C)C)C2(C)C1(C)C. The minimum absolute atomic E-state index is 0.0712. The second-order valence-electron chi connectivity index (χ2n) is 18.0. The zero-order valence-electron chi connectivity index (χ0n) is 32.9. The van der Waals surface area contributed by atoms with E-state index in [0.29, 0.717) is 29.8 Å². The third-order valence-corrected chi connectivity index (χ3v) is 19.0. The summed E-state index contributed by atoms with van der Waals surface area (Å²) in [4.78, 5) is 26.8. The molecule has 5 atom stereocenters. The monoisotopic (exact) mass is 719 g/mol. The number of carbonyl (C=O) groups excluding carboxylic acids is 2. The van der Waals surface area contributed by atoms with Crippen molar-refractivity contribution in [3.8, 4) is 5.75 Å². The smallest absolute Gasteiger partial charge is 0.412 e. The molecule has 3 aliphatic carbocycles. The predicted octanol–water partition coefficient (Wildman–Crippen LogP) is 9.53. The van der Waals surface area contributed by atoms with Gasteiger partial charge in [0.2, 0.25) is 0 Å². The first kappa shape index (κ1) is 39.1. The van der Waals surface area contributed by atoms with Gasteiger partial charge >= 0.3 is 12.1 Å². The fourth-order valence-corrected chi connectivity index (χ4v) is 15.8. The lowest BCUT2D eigenvalue weighted by molar-refractivity contribution is -0.244. The Morgan fingerprint density at radius 1 is 0.961 bits per heavy atom. The first-order valence-corrected chi connectivity index (χ1v) is 20.9. The van der Waals surface area contributed by atoms with Gasteiger partial charge in [-0.05, 0) is 84.0 Å². The van der Waals surface area contributed by atoms with Crippen LogP contribution >= 0.6 is 0 Å². The van der Waals surface area contributed by atoms with Gasteiger partial charge in [-0.15, -0.1) is 0 Å². The molecule has 3 aliphatic rings. The molecule has 0 radical (unpaired) electrons. The molecule has 51 heavy (non-hydrogen) atoms. The Balaban J connectivity index is 1.43. The molecule has 3 N–H and O–H groups in total. The van der Waals surface area contributed by atoms with Crippen molar-refractivity contribution in [3.05, 3.63) is 65.7 Å². The predicted molar refractivity (Wildman–Crippen MR) is 205 cm³/mol. The Bertz CT molecular complexity index is 1670. The molecular weight excluding hydrogens is 659 g/mol. The van der Waals surface area contributed by atoms with Gasteiger partial charge in [-0.3, -0.25) is 10.1 Å². The number of amides is 1. The molecule has 2 aromatic carbocycles. The van der Waals surface area contributed by atoms with Crippen LogP contribution in [0.2, 0.25) is 16.6 Å². The van der Waals surface area contributed by atoms with Crippen molar-refractivity contribution in [2.75, 3.05) is 5.32 Å². The summed E-state index contributed by atoms with van der Waals surface area (Å²) in [5.74, 6) is -0.155. The third-order valence-electron chi connectivity index (χ3n) is 13.1. The van der Waals surface area contributed by atoms with Crippen molar-refractivity contribution < 1.29 is 33.7 Å². The summed E-state index contributed by atoms with van der Waals surface area (Å²) in [5, 5.41) is 28.1. The maximum atomic E-state index is 13.8. The zero-order valence-corrected chi connectivity index (χ0v) is 33.9. The van der Waals surface area contributed by atoms with E-state index in [1.165, 1.54) is 0 Å². The maximum Gasteiger partial charge on any atom is 0.412 e. The van der Waals surface area contributed by atoms with Crippen molar-refractivity contribution in [2.24, 2.45) is 16.7 Å². The Kier molecular flexibility index (Phi) is 10.0. The van der Waals surface area contributed by atoms with E-state index in [-0.39, 0.29) is 41.4 Å². The molecular formula is C42H61NO7Si. The van der Waals surface area contributed by atoms with Crippen molar-refractivity contribution >= 4 is 31.6 Å². The second-order valence-corrected chi connectivity index (χ2v) is 23.4. The van der Waals surface area contributed by atoms with Crippen molar-refractivity contribution in [3.63, 3.8) is 0 Å². The first-order valence-electron chi connectivity index (χ1n) is 18.7. The fraction of sp³-hybridized carbons (Fsp3) is 0.619. The number of aryl methyl sites for hydroxylation is 1. The number of esters is 1. The minimum atomic E-state index is -2.48. The quantitative estimate of drug-likeness (QED) is 0.166. The Labute approximate surface area is 306 Å². The molecule has 9 heteroatoms. The minimum Gasteiger partial charge on any atom is -0.541 e. The van der Waals surface area contributed by atoms with Gasteiger partial charge in [0.25, 0.3) is 8.32 Å². The van der Waals surface area contributed by atoms with E-state index in [0.717, 1.165) is 16.7 Å². The molecule has 0 heterocycles. The molecule has 2 bridgehead atoms. The van der Waals surface area contributed by atoms with Crippen LogP contribution in [0.15, 0.2) is 49.0 Å². The summed E-state index contributed by atoms with van der Waals surface area (Å²) in [6, 6.07) is 13.3. The lowest BCUT2D eigenvalue weighted by Gasteiger charge is -2.56. The number of carbonyl (C=O) groups is 2. The topological polar surface area (TPSA) is 114 Å². The fourth-order valence-electron chi connectivity index (χ4n) is 10.5. The molecule has 280 valence electrons. The van der Waals surface area contributed by atoms with E-state index in [2.05, 4.69) is 67.3 Å². The Hall–Kier alpha value is -3.14. The van der Waals surface area contributed by atoms with Crippen molar-refractivity contribution in [2.45, 2.75) is 148 Å². The molecule has 5 unspecified atom stereocenters. The highest BCUT2D eigenvalue weighted by atomic mass is 28.4. The summed E-state index contributed by atoms with van der Waals surface area (Å²) in [7, 11) is -2.48. The van der Waals surface area contributed by atoms with Gasteiger partial charge in [-0.1, -0.05) is 105 Å². The number of anilines is 1. The molecule has 1 amide bonds. The van der Waals surface area contributed by atoms with E-state index < -0.39 is 48.1 Å². The van der Waals surface area contributed by atoms with Gasteiger partial charge < -0.3 is 24.1 Å². The van der Waals surface area contributed by atoms with Gasteiger partial charge in [0.05, 0.1) is 5.69 Å². The number of para-hydroxylation sites is 1. The van der Waals surface area contributed by atoms with Gasteiger partial charge in [0.1, 0.15) is 28.7 Å². The van der Waals surface area contributed by atoms with Gasteiger partial charge in [-0.2, -0.15) is 0 Å². The van der Waals surface area contributed by atoms with E-state index in [4.69, 9.17) is 13.9 Å². The molecule has 0 spiro atoms. The van der Waals surface area contributed by atoms with Crippen LogP contribution in [-0.2, 0) is 26.3 Å². The average Bonchev–Trinajstić information content (AvgIpc) is 3.27. The summed E-state index contributed by atoms with van der Waals surface area (Å²) in [6.07, 6.45) is -0.159. The number of aliphatic hydroxyl groups is 2. The van der Waals surface area contributed by atoms with Gasteiger partial charge in [0, 0.05) is 24.2 Å². The summed E-state index contributed by atoms with van der Waals surface area (Å²) < 4.78 is 19.1. The van der Waals surface area contributed by atoms with Crippen molar-refractivity contribution in [1.82, 2.24) is 0 Å². The lowest BCUT2D eigenvalue weighted by Crippen LogP contribution is -2.66. The highest BCUT2D eigenvalue weighted by molar-refractivity contribution is 6.78. The summed E-state index contributed by atoms with van der Waals surface area (Å²) >= 11 is 0. The molecule has 2 saturated carbocycles. The second kappa shape index (κ2) is 13.1. The third kappa shape index (κ3) is 5.86. The molecule has 0 aromatic heterocycles. The number of fused-ring (bicyclic) bond motifs is 7. The molecule has 0 aliphatic heterocycles. The van der Waals surface area contributed by atoms with E-state index in [9.17, 15) is 19.8 Å². The standard InChI is InChI=1S/C42H61NO7Si/c1-25(2)51(26(3)4,27(5)6)50-36-29(17-16-20-32(36)43-37(45)49-38(8,9)10)21-22-35(44)48-34-23-33-39(11,12)40(34,13)41(46)24-28(7)30-18-14-15-19-31(30)42(33,41)47/h14-20,25-27,33-34,46-47H,7,21-24H2,1-6,8-13H3,(H,43,45). The van der Waals surface area contributed by atoms with Crippen LogP contribution in [0, 0.1) is 16.7 Å². The van der Waals surface area contributed by atoms with E-state index in [1.807, 2.05) is 70.2 Å². The van der Waals surface area contributed by atoms with Crippen LogP contribution in [0.25, 0.3) is 5.57 Å². The van der Waals surface area contributed by atoms with Gasteiger partial charge in [-0.25, -0.2) is 4.79 Å². The number of ether oxygens (including phenoxy) is 2. The van der Waals surface area contributed by atoms with Crippen LogP contribution in [0.4, 0.5) is 10.5 Å². The van der Waals surface area contributed by atoms with Crippen LogP contribution in [0.3, 0.4) is 0 Å². The normalized spacial score (nSPS) is 28.1. The lowest BCUT2D eigenvalue weighted by atomic mass is 9.54. The molecule has 0 saturated heterocycles. The summed E-state index contributed by atoms with van der Waals surface area (Å²) in [5.41, 5.74) is -0.778. The van der Waals surface area contributed by atoms with Crippen LogP contribution in [-0.4, -0.2) is 47.9 Å². The highest BCUT2D eigenvalue weighted by Crippen LogP contribution is 2.79. The number of nitrogens with one attached hydrogen (secondary N) is 1. The number of hydrogen-bond acceptors (Lipinski definition) is 7. The van der Waals surface area contributed by atoms with Crippen LogP contribution in [0.5, 0.6) is 5.75 Å². The van der Waals surface area contributed by atoms with Gasteiger partial charge in [0.15, 0.2) is 0 Å². The Morgan fingerprint density at radius 3 is 2.16 bits per heavy atom. The molecule has 5 rings (SSSR count). The molecule has 8 nitrogen and oxygen atoms in total. The number of rotatable bonds is 10.